The number of carbonyl (C=O) groups is 1. The van der Waals surface area contributed by atoms with Crippen LogP contribution in [0.1, 0.15) is 46.8 Å². The molecular weight excluding hydrogens is 232 g/mol. The number of hydrogen-bond donors (Lipinski definition) is 0. The van der Waals surface area contributed by atoms with E-state index in [9.17, 15) is 4.79 Å². The van der Waals surface area contributed by atoms with Crippen LogP contribution in [0.2, 0.25) is 0 Å². The summed E-state index contributed by atoms with van der Waals surface area (Å²) in [6.45, 7) is 6.49. The molecule has 1 nitrogen and oxygen atoms in total. The molecule has 2 aromatic rings. The molecule has 0 bridgehead atoms. The van der Waals surface area contributed by atoms with E-state index in [1.807, 2.05) is 30.3 Å². The van der Waals surface area contributed by atoms with Crippen LogP contribution >= 0.6 is 0 Å². The van der Waals surface area contributed by atoms with Gasteiger partial charge in [-0.3, -0.25) is 4.79 Å². The number of rotatable bonds is 4. The van der Waals surface area contributed by atoms with Gasteiger partial charge in [0, 0.05) is 12.0 Å². The van der Waals surface area contributed by atoms with Crippen LogP contribution in [-0.4, -0.2) is 5.78 Å². The first-order valence-electron chi connectivity index (χ1n) is 6.75. The van der Waals surface area contributed by atoms with Crippen molar-refractivity contribution in [3.8, 4) is 0 Å². The van der Waals surface area contributed by atoms with Gasteiger partial charge in [-0.15, -0.1) is 0 Å². The summed E-state index contributed by atoms with van der Waals surface area (Å²) in [5.41, 5.74) is 4.52. The molecule has 0 saturated carbocycles. The SMILES string of the molecule is Cc1ccc(CC(=O)c2ccccc2)cc1C(C)C. The summed E-state index contributed by atoms with van der Waals surface area (Å²) in [6, 6.07) is 15.8. The molecule has 0 amide bonds. The largest absolute Gasteiger partial charge is 0.294 e. The first-order valence-corrected chi connectivity index (χ1v) is 6.75. The normalized spacial score (nSPS) is 10.7. The van der Waals surface area contributed by atoms with Crippen LogP contribution in [0, 0.1) is 6.92 Å². The fraction of sp³-hybridized carbons (Fsp3) is 0.278. The third kappa shape index (κ3) is 3.31. The fourth-order valence-corrected chi connectivity index (χ4v) is 2.33. The maximum atomic E-state index is 12.2. The van der Waals surface area contributed by atoms with Gasteiger partial charge in [-0.05, 0) is 29.5 Å². The zero-order chi connectivity index (χ0) is 13.8. The molecule has 0 saturated heterocycles. The second-order valence-corrected chi connectivity index (χ2v) is 5.31. The van der Waals surface area contributed by atoms with Crippen molar-refractivity contribution in [1.29, 1.82) is 0 Å². The van der Waals surface area contributed by atoms with Crippen LogP contribution in [0.5, 0.6) is 0 Å². The van der Waals surface area contributed by atoms with Gasteiger partial charge in [0.25, 0.3) is 0 Å². The van der Waals surface area contributed by atoms with Crippen molar-refractivity contribution >= 4 is 5.78 Å². The minimum absolute atomic E-state index is 0.180. The Hall–Kier alpha value is -1.89. The van der Waals surface area contributed by atoms with Gasteiger partial charge in [0.2, 0.25) is 0 Å². The van der Waals surface area contributed by atoms with Crippen molar-refractivity contribution in [2.45, 2.75) is 33.1 Å². The molecule has 0 aliphatic rings. The molecule has 0 radical (unpaired) electrons. The van der Waals surface area contributed by atoms with Crippen LogP contribution < -0.4 is 0 Å². The van der Waals surface area contributed by atoms with Gasteiger partial charge in [-0.1, -0.05) is 62.4 Å². The maximum absolute atomic E-state index is 12.2. The first kappa shape index (κ1) is 13.5. The van der Waals surface area contributed by atoms with Crippen molar-refractivity contribution in [3.05, 3.63) is 70.8 Å². The number of carbonyl (C=O) groups excluding carboxylic acids is 1. The fourth-order valence-electron chi connectivity index (χ4n) is 2.33. The second-order valence-electron chi connectivity index (χ2n) is 5.31. The number of aryl methyl sites for hydroxylation is 1. The van der Waals surface area contributed by atoms with E-state index in [2.05, 4.69) is 39.0 Å². The van der Waals surface area contributed by atoms with Gasteiger partial charge in [0.15, 0.2) is 5.78 Å². The predicted molar refractivity (Wildman–Crippen MR) is 79.7 cm³/mol. The molecule has 0 aliphatic carbocycles. The van der Waals surface area contributed by atoms with Gasteiger partial charge in [0.05, 0.1) is 0 Å². The minimum atomic E-state index is 0.180. The Morgan fingerprint density at radius 1 is 1.05 bits per heavy atom. The van der Waals surface area contributed by atoms with Crippen LogP contribution in [0.25, 0.3) is 0 Å². The molecule has 19 heavy (non-hydrogen) atoms. The van der Waals surface area contributed by atoms with E-state index < -0.39 is 0 Å². The number of hydrogen-bond acceptors (Lipinski definition) is 1. The van der Waals surface area contributed by atoms with Gasteiger partial charge in [-0.25, -0.2) is 0 Å². The van der Waals surface area contributed by atoms with Gasteiger partial charge >= 0.3 is 0 Å². The van der Waals surface area contributed by atoms with Crippen LogP contribution in [0.3, 0.4) is 0 Å². The summed E-state index contributed by atoms with van der Waals surface area (Å²) in [7, 11) is 0. The van der Waals surface area contributed by atoms with Crippen molar-refractivity contribution in [3.63, 3.8) is 0 Å². The zero-order valence-electron chi connectivity index (χ0n) is 11.8. The molecule has 98 valence electrons. The molecule has 0 aliphatic heterocycles. The number of ketones is 1. The van der Waals surface area contributed by atoms with Crippen molar-refractivity contribution in [1.82, 2.24) is 0 Å². The highest BCUT2D eigenvalue weighted by molar-refractivity contribution is 5.97. The van der Waals surface area contributed by atoms with E-state index in [0.29, 0.717) is 12.3 Å². The zero-order valence-corrected chi connectivity index (χ0v) is 11.8. The predicted octanol–water partition coefficient (Wildman–Crippen LogP) is 4.54. The lowest BCUT2D eigenvalue weighted by atomic mass is 9.93. The number of benzene rings is 2. The lowest BCUT2D eigenvalue weighted by Crippen LogP contribution is -2.04. The molecular formula is C18H20O. The Balaban J connectivity index is 2.20. The lowest BCUT2D eigenvalue weighted by molar-refractivity contribution is 0.0993. The Morgan fingerprint density at radius 3 is 2.37 bits per heavy atom. The molecule has 0 unspecified atom stereocenters. The van der Waals surface area contributed by atoms with E-state index in [0.717, 1.165) is 11.1 Å². The van der Waals surface area contributed by atoms with Crippen LogP contribution in [0.15, 0.2) is 48.5 Å². The summed E-state index contributed by atoms with van der Waals surface area (Å²) < 4.78 is 0. The lowest BCUT2D eigenvalue weighted by Gasteiger charge is -2.11. The monoisotopic (exact) mass is 252 g/mol. The molecule has 0 N–H and O–H groups in total. The molecule has 1 heteroatoms. The second kappa shape index (κ2) is 5.83. The molecule has 0 fully saturated rings. The first-order chi connectivity index (χ1) is 9.08. The van der Waals surface area contributed by atoms with Crippen LogP contribution in [-0.2, 0) is 6.42 Å². The standard InChI is InChI=1S/C18H20O/c1-13(2)17-11-15(10-9-14(17)3)12-18(19)16-7-5-4-6-8-16/h4-11,13H,12H2,1-3H3. The smallest absolute Gasteiger partial charge is 0.167 e. The Morgan fingerprint density at radius 2 is 1.74 bits per heavy atom. The molecule has 0 aromatic heterocycles. The van der Waals surface area contributed by atoms with Gasteiger partial charge in [0.1, 0.15) is 0 Å². The van der Waals surface area contributed by atoms with E-state index in [1.165, 1.54) is 11.1 Å². The molecule has 2 aromatic carbocycles. The highest BCUT2D eigenvalue weighted by Gasteiger charge is 2.09. The average Bonchev–Trinajstić information content (AvgIpc) is 2.41. The van der Waals surface area contributed by atoms with E-state index in [-0.39, 0.29) is 5.78 Å². The summed E-state index contributed by atoms with van der Waals surface area (Å²) in [4.78, 5) is 12.2. The van der Waals surface area contributed by atoms with E-state index in [1.54, 1.807) is 0 Å². The molecule has 0 heterocycles. The third-order valence-corrected chi connectivity index (χ3v) is 3.43. The van der Waals surface area contributed by atoms with Gasteiger partial charge < -0.3 is 0 Å². The summed E-state index contributed by atoms with van der Waals surface area (Å²) in [6.07, 6.45) is 0.476. The Labute approximate surface area is 115 Å². The average molecular weight is 252 g/mol. The number of Topliss-reactive ketones (excluding diaryl/α,β-unsaturated/α-hetero) is 1. The minimum Gasteiger partial charge on any atom is -0.294 e. The molecule has 0 atom stereocenters. The highest BCUT2D eigenvalue weighted by Crippen LogP contribution is 2.21. The Kier molecular flexibility index (Phi) is 4.16. The van der Waals surface area contributed by atoms with E-state index >= 15 is 0 Å². The molecule has 2 rings (SSSR count). The van der Waals surface area contributed by atoms with Crippen molar-refractivity contribution in [2.24, 2.45) is 0 Å². The Bertz CT molecular complexity index is 567. The quantitative estimate of drug-likeness (QED) is 0.730. The highest BCUT2D eigenvalue weighted by atomic mass is 16.1. The summed E-state index contributed by atoms with van der Waals surface area (Å²) >= 11 is 0. The van der Waals surface area contributed by atoms with Crippen LogP contribution in [0.4, 0.5) is 0 Å². The van der Waals surface area contributed by atoms with E-state index in [4.69, 9.17) is 0 Å². The summed E-state index contributed by atoms with van der Waals surface area (Å²) in [5, 5.41) is 0. The van der Waals surface area contributed by atoms with Crippen molar-refractivity contribution in [2.75, 3.05) is 0 Å². The summed E-state index contributed by atoms with van der Waals surface area (Å²) in [5.74, 6) is 0.672. The topological polar surface area (TPSA) is 17.1 Å². The van der Waals surface area contributed by atoms with Crippen molar-refractivity contribution < 1.29 is 4.79 Å². The third-order valence-electron chi connectivity index (χ3n) is 3.43. The maximum Gasteiger partial charge on any atom is 0.167 e. The molecule has 0 spiro atoms. The van der Waals surface area contributed by atoms with Gasteiger partial charge in [-0.2, -0.15) is 0 Å².